The molecule has 0 spiro atoms. The Morgan fingerprint density at radius 3 is 2.82 bits per heavy atom. The molecule has 1 aliphatic heterocycles. The lowest BCUT2D eigenvalue weighted by Crippen LogP contribution is -2.45. The summed E-state index contributed by atoms with van der Waals surface area (Å²) in [5.41, 5.74) is 0. The van der Waals surface area contributed by atoms with Gasteiger partial charge in [-0.3, -0.25) is 4.79 Å². The maximum atomic E-state index is 11.7. The molecule has 1 rings (SSSR count). The number of ether oxygens (including phenoxy) is 1. The van der Waals surface area contributed by atoms with Crippen molar-refractivity contribution < 1.29 is 23.1 Å². The first kappa shape index (κ1) is 14.4. The first-order valence-electron chi connectivity index (χ1n) is 5.63. The van der Waals surface area contributed by atoms with Gasteiger partial charge in [-0.15, -0.1) is 0 Å². The van der Waals surface area contributed by atoms with Crippen molar-refractivity contribution in [2.24, 2.45) is 0 Å². The molecule has 0 saturated carbocycles. The van der Waals surface area contributed by atoms with Crippen LogP contribution in [0.15, 0.2) is 0 Å². The zero-order valence-corrected chi connectivity index (χ0v) is 10.7. The van der Waals surface area contributed by atoms with Crippen LogP contribution in [0.25, 0.3) is 0 Å². The summed E-state index contributed by atoms with van der Waals surface area (Å²) in [6.07, 6.45) is 0.931. The van der Waals surface area contributed by atoms with E-state index in [2.05, 4.69) is 5.32 Å². The Bertz CT molecular complexity index is 354. The molecule has 7 heteroatoms. The third-order valence-corrected chi connectivity index (χ3v) is 4.92. The lowest BCUT2D eigenvalue weighted by Gasteiger charge is -2.22. The fourth-order valence-electron chi connectivity index (χ4n) is 1.83. The Morgan fingerprint density at radius 1 is 1.53 bits per heavy atom. The maximum Gasteiger partial charge on any atom is 0.238 e. The quantitative estimate of drug-likeness (QED) is 0.670. The number of carbonyl (C=O) groups excluding carboxylic acids is 1. The third kappa shape index (κ3) is 4.25. The normalized spacial score (nSPS) is 25.2. The van der Waals surface area contributed by atoms with Gasteiger partial charge >= 0.3 is 0 Å². The minimum absolute atomic E-state index is 0.0126. The SMILES string of the molecule is COCC(O)CNC(=O)C1CCCCS1(=O)=O. The van der Waals surface area contributed by atoms with Crippen LogP contribution in [0.3, 0.4) is 0 Å². The molecule has 1 saturated heterocycles. The standard InChI is InChI=1S/C10H19NO5S/c1-16-7-8(12)6-11-10(13)9-4-2-3-5-17(9,14)15/h8-9,12H,2-7H2,1H3,(H,11,13). The lowest BCUT2D eigenvalue weighted by atomic mass is 10.2. The van der Waals surface area contributed by atoms with E-state index in [1.165, 1.54) is 7.11 Å². The van der Waals surface area contributed by atoms with Crippen molar-refractivity contribution >= 4 is 15.7 Å². The minimum atomic E-state index is -3.31. The number of rotatable bonds is 5. The van der Waals surface area contributed by atoms with Gasteiger partial charge in [-0.2, -0.15) is 0 Å². The van der Waals surface area contributed by atoms with Crippen LogP contribution in [0.5, 0.6) is 0 Å². The van der Waals surface area contributed by atoms with E-state index in [-0.39, 0.29) is 18.9 Å². The highest BCUT2D eigenvalue weighted by Crippen LogP contribution is 2.19. The molecule has 0 aromatic heterocycles. The smallest absolute Gasteiger partial charge is 0.238 e. The highest BCUT2D eigenvalue weighted by atomic mass is 32.2. The van der Waals surface area contributed by atoms with Gasteiger partial charge in [0.25, 0.3) is 0 Å². The van der Waals surface area contributed by atoms with Crippen LogP contribution in [-0.2, 0) is 19.4 Å². The molecule has 6 nitrogen and oxygen atoms in total. The number of amides is 1. The first-order chi connectivity index (χ1) is 7.97. The molecule has 0 aromatic rings. The van der Waals surface area contributed by atoms with Crippen molar-refractivity contribution in [2.45, 2.75) is 30.6 Å². The van der Waals surface area contributed by atoms with Gasteiger partial charge < -0.3 is 15.2 Å². The van der Waals surface area contributed by atoms with Crippen LogP contribution in [0.2, 0.25) is 0 Å². The van der Waals surface area contributed by atoms with Crippen LogP contribution in [0, 0.1) is 0 Å². The summed E-state index contributed by atoms with van der Waals surface area (Å²) in [4.78, 5) is 11.7. The van der Waals surface area contributed by atoms with Crippen molar-refractivity contribution in [3.05, 3.63) is 0 Å². The molecular weight excluding hydrogens is 246 g/mol. The van der Waals surface area contributed by atoms with Crippen LogP contribution >= 0.6 is 0 Å². The number of methoxy groups -OCH3 is 1. The average molecular weight is 265 g/mol. The molecule has 17 heavy (non-hydrogen) atoms. The Kier molecular flexibility index (Phi) is 5.35. The fourth-order valence-corrected chi connectivity index (χ4v) is 3.66. The predicted molar refractivity (Wildman–Crippen MR) is 62.3 cm³/mol. The number of hydrogen-bond acceptors (Lipinski definition) is 5. The summed E-state index contributed by atoms with van der Waals surface area (Å²) in [5, 5.41) is 10.8. The van der Waals surface area contributed by atoms with Gasteiger partial charge in [0.15, 0.2) is 9.84 Å². The molecule has 0 aromatic carbocycles. The largest absolute Gasteiger partial charge is 0.389 e. The summed E-state index contributed by atoms with van der Waals surface area (Å²) in [6.45, 7) is 0.121. The molecule has 100 valence electrons. The van der Waals surface area contributed by atoms with Crippen molar-refractivity contribution in [1.29, 1.82) is 0 Å². The summed E-state index contributed by atoms with van der Waals surface area (Å²) in [7, 11) is -1.87. The first-order valence-corrected chi connectivity index (χ1v) is 7.35. The Balaban J connectivity index is 2.46. The Labute approximate surface area is 101 Å². The van der Waals surface area contributed by atoms with Gasteiger partial charge in [-0.25, -0.2) is 8.42 Å². The summed E-state index contributed by atoms with van der Waals surface area (Å²) in [5.74, 6) is -0.439. The van der Waals surface area contributed by atoms with Gasteiger partial charge in [0.1, 0.15) is 5.25 Å². The molecule has 1 aliphatic rings. The molecule has 1 amide bonds. The van der Waals surface area contributed by atoms with E-state index in [1.54, 1.807) is 0 Å². The Morgan fingerprint density at radius 2 is 2.24 bits per heavy atom. The van der Waals surface area contributed by atoms with E-state index in [0.29, 0.717) is 12.8 Å². The zero-order valence-electron chi connectivity index (χ0n) is 9.89. The fraction of sp³-hybridized carbons (Fsp3) is 0.900. The molecule has 2 unspecified atom stereocenters. The van der Waals surface area contributed by atoms with E-state index >= 15 is 0 Å². The zero-order chi connectivity index (χ0) is 12.9. The number of hydrogen-bond donors (Lipinski definition) is 2. The van der Waals surface area contributed by atoms with Gasteiger partial charge in [0.2, 0.25) is 5.91 Å². The van der Waals surface area contributed by atoms with Crippen molar-refractivity contribution in [3.8, 4) is 0 Å². The third-order valence-electron chi connectivity index (χ3n) is 2.74. The van der Waals surface area contributed by atoms with Crippen LogP contribution in [0.4, 0.5) is 0 Å². The molecule has 0 radical (unpaired) electrons. The number of carbonyl (C=O) groups is 1. The molecule has 1 fully saturated rings. The van der Waals surface area contributed by atoms with Crippen molar-refractivity contribution in [3.63, 3.8) is 0 Å². The van der Waals surface area contributed by atoms with Crippen molar-refractivity contribution in [2.75, 3.05) is 26.0 Å². The molecule has 0 bridgehead atoms. The predicted octanol–water partition coefficient (Wildman–Crippen LogP) is -0.923. The van der Waals surface area contributed by atoms with Gasteiger partial charge in [-0.05, 0) is 12.8 Å². The van der Waals surface area contributed by atoms with Gasteiger partial charge in [-0.1, -0.05) is 6.42 Å². The molecule has 2 atom stereocenters. The second-order valence-corrected chi connectivity index (χ2v) is 6.51. The molecule has 0 aliphatic carbocycles. The monoisotopic (exact) mass is 265 g/mol. The topological polar surface area (TPSA) is 92.7 Å². The van der Waals surface area contributed by atoms with Crippen LogP contribution in [0.1, 0.15) is 19.3 Å². The van der Waals surface area contributed by atoms with Crippen molar-refractivity contribution in [1.82, 2.24) is 5.32 Å². The maximum absolute atomic E-state index is 11.7. The lowest BCUT2D eigenvalue weighted by molar-refractivity contribution is -0.121. The minimum Gasteiger partial charge on any atom is -0.389 e. The average Bonchev–Trinajstić information content (AvgIpc) is 2.26. The van der Waals surface area contributed by atoms with E-state index in [9.17, 15) is 18.3 Å². The number of nitrogens with one attached hydrogen (secondary N) is 1. The second kappa shape index (κ2) is 6.32. The summed E-state index contributed by atoms with van der Waals surface area (Å²) < 4.78 is 28.0. The number of aliphatic hydroxyl groups is 1. The second-order valence-electron chi connectivity index (χ2n) is 4.21. The molecule has 1 heterocycles. The molecular formula is C10H19NO5S. The van der Waals surface area contributed by atoms with E-state index in [4.69, 9.17) is 4.74 Å². The summed E-state index contributed by atoms with van der Waals surface area (Å²) >= 11 is 0. The van der Waals surface area contributed by atoms with E-state index in [0.717, 1.165) is 6.42 Å². The highest BCUT2D eigenvalue weighted by Gasteiger charge is 2.34. The number of aliphatic hydroxyl groups excluding tert-OH is 1. The van der Waals surface area contributed by atoms with E-state index in [1.807, 2.05) is 0 Å². The number of sulfone groups is 1. The van der Waals surface area contributed by atoms with Gasteiger partial charge in [0.05, 0.1) is 18.5 Å². The van der Waals surface area contributed by atoms with E-state index < -0.39 is 27.1 Å². The Hall–Kier alpha value is -0.660. The summed E-state index contributed by atoms with van der Waals surface area (Å²) in [6, 6.07) is 0. The highest BCUT2D eigenvalue weighted by molar-refractivity contribution is 7.92. The van der Waals surface area contributed by atoms with Crippen LogP contribution in [-0.4, -0.2) is 56.8 Å². The molecule has 2 N–H and O–H groups in total. The van der Waals surface area contributed by atoms with Crippen LogP contribution < -0.4 is 5.32 Å². The van der Waals surface area contributed by atoms with Gasteiger partial charge in [0, 0.05) is 13.7 Å².